The molecule has 0 fully saturated rings. The molecule has 0 aliphatic heterocycles. The van der Waals surface area contributed by atoms with Gasteiger partial charge in [-0.1, -0.05) is 24.3 Å². The Labute approximate surface area is 118 Å². The number of halogens is 3. The number of hydrogen-bond donors (Lipinski definition) is 2. The molecular formula is C14H12BrF2NO. The molecule has 0 saturated carbocycles. The summed E-state index contributed by atoms with van der Waals surface area (Å²) in [6, 6.07) is 9.32. The summed E-state index contributed by atoms with van der Waals surface area (Å²) in [5, 5.41) is 11.8. The number of hydrogen-bond acceptors (Lipinski definition) is 2. The molecule has 2 nitrogen and oxygen atoms in total. The third-order valence-electron chi connectivity index (χ3n) is 2.68. The highest BCUT2D eigenvalue weighted by Gasteiger charge is 2.09. The van der Waals surface area contributed by atoms with Gasteiger partial charge in [0.1, 0.15) is 11.6 Å². The van der Waals surface area contributed by atoms with Crippen molar-refractivity contribution in [1.82, 2.24) is 0 Å². The van der Waals surface area contributed by atoms with Crippen molar-refractivity contribution in [2.24, 2.45) is 0 Å². The van der Waals surface area contributed by atoms with Crippen molar-refractivity contribution in [3.05, 3.63) is 63.6 Å². The Hall–Kier alpha value is -1.46. The van der Waals surface area contributed by atoms with Crippen LogP contribution in [0.15, 0.2) is 40.9 Å². The second-order valence-corrected chi connectivity index (χ2v) is 4.93. The second-order valence-electron chi connectivity index (χ2n) is 4.07. The van der Waals surface area contributed by atoms with E-state index in [0.717, 1.165) is 17.2 Å². The Morgan fingerprint density at radius 2 is 1.68 bits per heavy atom. The van der Waals surface area contributed by atoms with Crippen molar-refractivity contribution in [3.8, 4) is 0 Å². The first kappa shape index (κ1) is 14.0. The van der Waals surface area contributed by atoms with E-state index >= 15 is 0 Å². The standard InChI is InChI=1S/C14H12BrF2NO/c15-12-5-11(16)6-13(17)14(12)18-7-9-1-3-10(8-19)4-2-9/h1-6,18-19H,7-8H2. The van der Waals surface area contributed by atoms with Crippen molar-refractivity contribution >= 4 is 21.6 Å². The topological polar surface area (TPSA) is 32.3 Å². The van der Waals surface area contributed by atoms with Crippen molar-refractivity contribution in [2.75, 3.05) is 5.32 Å². The fourth-order valence-corrected chi connectivity index (χ4v) is 2.21. The van der Waals surface area contributed by atoms with Gasteiger partial charge in [0.25, 0.3) is 0 Å². The van der Waals surface area contributed by atoms with E-state index in [4.69, 9.17) is 5.11 Å². The summed E-state index contributed by atoms with van der Waals surface area (Å²) in [4.78, 5) is 0. The monoisotopic (exact) mass is 327 g/mol. The maximum absolute atomic E-state index is 13.6. The zero-order chi connectivity index (χ0) is 13.8. The average molecular weight is 328 g/mol. The van der Waals surface area contributed by atoms with Crippen molar-refractivity contribution in [2.45, 2.75) is 13.2 Å². The van der Waals surface area contributed by atoms with Crippen LogP contribution in [0.4, 0.5) is 14.5 Å². The SMILES string of the molecule is OCc1ccc(CNc2c(F)cc(F)cc2Br)cc1. The minimum Gasteiger partial charge on any atom is -0.392 e. The molecule has 0 amide bonds. The molecular weight excluding hydrogens is 316 g/mol. The molecule has 2 rings (SSSR count). The molecule has 2 N–H and O–H groups in total. The molecule has 100 valence electrons. The zero-order valence-electron chi connectivity index (χ0n) is 9.96. The van der Waals surface area contributed by atoms with Crippen LogP contribution >= 0.6 is 15.9 Å². The summed E-state index contributed by atoms with van der Waals surface area (Å²) in [5.41, 5.74) is 1.98. The molecule has 19 heavy (non-hydrogen) atoms. The molecule has 0 radical (unpaired) electrons. The lowest BCUT2D eigenvalue weighted by Gasteiger charge is -2.10. The Kier molecular flexibility index (Phi) is 4.50. The molecule has 0 aliphatic carbocycles. The fraction of sp³-hybridized carbons (Fsp3) is 0.143. The van der Waals surface area contributed by atoms with Crippen molar-refractivity contribution in [1.29, 1.82) is 0 Å². The Morgan fingerprint density at radius 1 is 1.05 bits per heavy atom. The molecule has 0 saturated heterocycles. The highest BCUT2D eigenvalue weighted by molar-refractivity contribution is 9.10. The molecule has 5 heteroatoms. The third-order valence-corrected chi connectivity index (χ3v) is 3.31. The minimum absolute atomic E-state index is 0.00809. The fourth-order valence-electron chi connectivity index (χ4n) is 1.66. The number of anilines is 1. The molecule has 2 aromatic rings. The summed E-state index contributed by atoms with van der Waals surface area (Å²) in [6.07, 6.45) is 0. The second kappa shape index (κ2) is 6.12. The first-order valence-electron chi connectivity index (χ1n) is 5.67. The number of rotatable bonds is 4. The quantitative estimate of drug-likeness (QED) is 0.894. The largest absolute Gasteiger partial charge is 0.392 e. The summed E-state index contributed by atoms with van der Waals surface area (Å²) in [6.45, 7) is 0.401. The number of aliphatic hydroxyl groups excluding tert-OH is 1. The number of benzene rings is 2. The van der Waals surface area contributed by atoms with Gasteiger partial charge in [0.15, 0.2) is 0 Å². The lowest BCUT2D eigenvalue weighted by Crippen LogP contribution is -2.03. The van der Waals surface area contributed by atoms with Gasteiger partial charge in [-0.3, -0.25) is 0 Å². The number of aliphatic hydroxyl groups is 1. The van der Waals surface area contributed by atoms with Crippen LogP contribution in [0.3, 0.4) is 0 Å². The Balaban J connectivity index is 2.10. The predicted molar refractivity (Wildman–Crippen MR) is 73.7 cm³/mol. The molecule has 0 atom stereocenters. The summed E-state index contributed by atoms with van der Waals surface area (Å²) in [7, 11) is 0. The van der Waals surface area contributed by atoms with Crippen LogP contribution in [0.25, 0.3) is 0 Å². The van der Waals surface area contributed by atoms with E-state index < -0.39 is 11.6 Å². The van der Waals surface area contributed by atoms with Gasteiger partial charge in [0, 0.05) is 17.1 Å². The van der Waals surface area contributed by atoms with Crippen LogP contribution in [0.2, 0.25) is 0 Å². The van der Waals surface area contributed by atoms with E-state index in [0.29, 0.717) is 11.0 Å². The van der Waals surface area contributed by atoms with Gasteiger partial charge in [-0.2, -0.15) is 0 Å². The first-order valence-corrected chi connectivity index (χ1v) is 6.46. The van der Waals surface area contributed by atoms with Crippen LogP contribution in [0.1, 0.15) is 11.1 Å². The van der Waals surface area contributed by atoms with E-state index in [1.165, 1.54) is 6.07 Å². The molecule has 0 aliphatic rings. The minimum atomic E-state index is -0.640. The van der Waals surface area contributed by atoms with Gasteiger partial charge in [-0.15, -0.1) is 0 Å². The van der Waals surface area contributed by atoms with Crippen LogP contribution in [0, 0.1) is 11.6 Å². The van der Waals surface area contributed by atoms with Crippen molar-refractivity contribution < 1.29 is 13.9 Å². The van der Waals surface area contributed by atoms with Gasteiger partial charge < -0.3 is 10.4 Å². The zero-order valence-corrected chi connectivity index (χ0v) is 11.5. The van der Waals surface area contributed by atoms with Gasteiger partial charge >= 0.3 is 0 Å². The summed E-state index contributed by atoms with van der Waals surface area (Å²) in [5.74, 6) is -1.26. The van der Waals surface area contributed by atoms with E-state index in [-0.39, 0.29) is 12.3 Å². The smallest absolute Gasteiger partial charge is 0.150 e. The summed E-state index contributed by atoms with van der Waals surface area (Å²) >= 11 is 3.12. The summed E-state index contributed by atoms with van der Waals surface area (Å²) < 4.78 is 26.8. The maximum Gasteiger partial charge on any atom is 0.150 e. The highest BCUT2D eigenvalue weighted by atomic mass is 79.9. The highest BCUT2D eigenvalue weighted by Crippen LogP contribution is 2.27. The predicted octanol–water partition coefficient (Wildman–Crippen LogP) is 3.83. The van der Waals surface area contributed by atoms with E-state index in [1.54, 1.807) is 12.1 Å². The maximum atomic E-state index is 13.6. The number of nitrogens with one attached hydrogen (secondary N) is 1. The lowest BCUT2D eigenvalue weighted by molar-refractivity contribution is 0.282. The molecule has 0 unspecified atom stereocenters. The molecule has 0 spiro atoms. The Bertz CT molecular complexity index is 549. The first-order chi connectivity index (χ1) is 9.10. The molecule has 0 aromatic heterocycles. The van der Waals surface area contributed by atoms with Crippen LogP contribution in [-0.2, 0) is 13.2 Å². The van der Waals surface area contributed by atoms with Crippen LogP contribution < -0.4 is 5.32 Å². The van der Waals surface area contributed by atoms with E-state index in [1.807, 2.05) is 12.1 Å². The van der Waals surface area contributed by atoms with Gasteiger partial charge in [-0.05, 0) is 33.1 Å². The third kappa shape index (κ3) is 3.52. The van der Waals surface area contributed by atoms with Crippen LogP contribution in [0.5, 0.6) is 0 Å². The van der Waals surface area contributed by atoms with E-state index in [9.17, 15) is 8.78 Å². The normalized spacial score (nSPS) is 10.5. The Morgan fingerprint density at radius 3 is 2.26 bits per heavy atom. The van der Waals surface area contributed by atoms with Gasteiger partial charge in [-0.25, -0.2) is 8.78 Å². The van der Waals surface area contributed by atoms with Gasteiger partial charge in [0.2, 0.25) is 0 Å². The molecule has 0 heterocycles. The molecule has 0 bridgehead atoms. The average Bonchev–Trinajstić information content (AvgIpc) is 2.38. The lowest BCUT2D eigenvalue weighted by atomic mass is 10.1. The van der Waals surface area contributed by atoms with E-state index in [2.05, 4.69) is 21.2 Å². The van der Waals surface area contributed by atoms with Crippen molar-refractivity contribution in [3.63, 3.8) is 0 Å². The van der Waals surface area contributed by atoms with Crippen LogP contribution in [-0.4, -0.2) is 5.11 Å². The van der Waals surface area contributed by atoms with Gasteiger partial charge in [0.05, 0.1) is 12.3 Å². The molecule has 2 aromatic carbocycles.